The molecular formula is C28H31N7O5S. The van der Waals surface area contributed by atoms with Gasteiger partial charge in [-0.25, -0.2) is 0 Å². The van der Waals surface area contributed by atoms with Gasteiger partial charge >= 0.3 is 0 Å². The number of likely N-dealkylation sites (tertiary alicyclic amines) is 1. The summed E-state index contributed by atoms with van der Waals surface area (Å²) in [6.07, 6.45) is 5.39. The van der Waals surface area contributed by atoms with Crippen molar-refractivity contribution in [1.82, 2.24) is 25.3 Å². The number of hydrogen-bond donors (Lipinski definition) is 1. The van der Waals surface area contributed by atoms with Gasteiger partial charge in [-0.05, 0) is 63.4 Å². The summed E-state index contributed by atoms with van der Waals surface area (Å²) in [7, 11) is 0. The van der Waals surface area contributed by atoms with Gasteiger partial charge in [-0.15, -0.1) is 10.2 Å². The van der Waals surface area contributed by atoms with Gasteiger partial charge in [0, 0.05) is 49.7 Å². The number of nitrogens with one attached hydrogen (secondary N) is 1. The largest absolute Gasteiger partial charge is 0.371 e. The number of aldehydes is 1. The molecule has 5 aliphatic rings. The van der Waals surface area contributed by atoms with Crippen LogP contribution in [0.4, 0.5) is 10.8 Å². The van der Waals surface area contributed by atoms with Gasteiger partial charge in [-0.2, -0.15) is 0 Å². The number of rotatable bonds is 5. The second-order valence-electron chi connectivity index (χ2n) is 11.8. The van der Waals surface area contributed by atoms with Crippen LogP contribution in [0.25, 0.3) is 0 Å². The van der Waals surface area contributed by atoms with E-state index in [1.54, 1.807) is 12.1 Å². The smallest absolute Gasteiger partial charge is 0.262 e. The predicted molar refractivity (Wildman–Crippen MR) is 149 cm³/mol. The zero-order chi connectivity index (χ0) is 28.3. The van der Waals surface area contributed by atoms with Gasteiger partial charge < -0.3 is 14.7 Å². The summed E-state index contributed by atoms with van der Waals surface area (Å²) in [5.74, 6) is -1.92. The molecule has 1 aromatic carbocycles. The fourth-order valence-electron chi connectivity index (χ4n) is 7.13. The van der Waals surface area contributed by atoms with Crippen molar-refractivity contribution in [3.05, 3.63) is 34.3 Å². The number of imide groups is 2. The summed E-state index contributed by atoms with van der Waals surface area (Å²) in [5, 5.41) is 11.6. The number of amides is 4. The Morgan fingerprint density at radius 2 is 1.63 bits per heavy atom. The van der Waals surface area contributed by atoms with Crippen LogP contribution >= 0.6 is 11.3 Å². The third-order valence-electron chi connectivity index (χ3n) is 9.48. The van der Waals surface area contributed by atoms with Crippen molar-refractivity contribution in [2.75, 3.05) is 49.1 Å². The van der Waals surface area contributed by atoms with Crippen molar-refractivity contribution in [2.45, 2.75) is 50.6 Å². The number of nitrogens with zero attached hydrogens (tertiary/aromatic N) is 6. The number of fused-ring (bicyclic) bond motifs is 1. The zero-order valence-corrected chi connectivity index (χ0v) is 23.4. The highest BCUT2D eigenvalue weighted by atomic mass is 32.1. The zero-order valence-electron chi connectivity index (χ0n) is 22.6. The van der Waals surface area contributed by atoms with Crippen molar-refractivity contribution < 1.29 is 24.0 Å². The van der Waals surface area contributed by atoms with Gasteiger partial charge in [0.1, 0.15) is 6.04 Å². The number of anilines is 2. The minimum atomic E-state index is -0.953. The van der Waals surface area contributed by atoms with Crippen LogP contribution in [0.2, 0.25) is 0 Å². The normalized spacial score (nSPS) is 25.0. The maximum absolute atomic E-state index is 13.2. The molecule has 0 bridgehead atoms. The Morgan fingerprint density at radius 3 is 2.32 bits per heavy atom. The Balaban J connectivity index is 0.932. The lowest BCUT2D eigenvalue weighted by molar-refractivity contribution is -0.136. The topological polar surface area (TPSA) is 136 Å². The van der Waals surface area contributed by atoms with E-state index in [1.165, 1.54) is 11.3 Å². The first-order valence-electron chi connectivity index (χ1n) is 14.2. The average molecular weight is 578 g/mol. The van der Waals surface area contributed by atoms with Crippen LogP contribution in [0, 0.1) is 5.41 Å². The van der Waals surface area contributed by atoms with Gasteiger partial charge in [-0.1, -0.05) is 11.3 Å². The molecule has 0 radical (unpaired) electrons. The van der Waals surface area contributed by atoms with E-state index in [0.717, 1.165) is 87.0 Å². The quantitative estimate of drug-likeness (QED) is 0.409. The highest BCUT2D eigenvalue weighted by Crippen LogP contribution is 2.44. The predicted octanol–water partition coefficient (Wildman–Crippen LogP) is 1.32. The van der Waals surface area contributed by atoms with Gasteiger partial charge in [0.2, 0.25) is 16.9 Å². The fraction of sp³-hybridized carbons (Fsp3) is 0.536. The molecule has 12 nitrogen and oxygen atoms in total. The molecule has 7 rings (SSSR count). The number of hydrogen-bond acceptors (Lipinski definition) is 11. The van der Waals surface area contributed by atoms with Gasteiger partial charge in [-0.3, -0.25) is 34.2 Å². The Morgan fingerprint density at radius 1 is 0.902 bits per heavy atom. The third-order valence-corrected chi connectivity index (χ3v) is 10.4. The first-order chi connectivity index (χ1) is 19.8. The number of piperidine rings is 3. The summed E-state index contributed by atoms with van der Waals surface area (Å²) < 4.78 is 0. The van der Waals surface area contributed by atoms with E-state index in [2.05, 4.69) is 30.2 Å². The summed E-state index contributed by atoms with van der Waals surface area (Å²) in [6, 6.07) is 4.94. The maximum atomic E-state index is 13.2. The summed E-state index contributed by atoms with van der Waals surface area (Å²) in [5.41, 5.74) is 1.88. The molecule has 5 aliphatic heterocycles. The molecule has 13 heteroatoms. The Labute approximate surface area is 240 Å². The first kappa shape index (κ1) is 26.2. The minimum absolute atomic E-state index is 0.105. The maximum Gasteiger partial charge on any atom is 0.262 e. The monoisotopic (exact) mass is 577 g/mol. The summed E-state index contributed by atoms with van der Waals surface area (Å²) >= 11 is 1.35. The lowest BCUT2D eigenvalue weighted by Gasteiger charge is -2.55. The second kappa shape index (κ2) is 9.98. The molecule has 0 saturated carbocycles. The molecule has 4 amide bonds. The minimum Gasteiger partial charge on any atom is -0.371 e. The number of carbonyl (C=O) groups is 5. The molecular weight excluding hydrogens is 546 g/mol. The average Bonchev–Trinajstić information content (AvgIpc) is 3.54. The molecule has 1 N–H and O–H groups in total. The molecule has 1 atom stereocenters. The van der Waals surface area contributed by atoms with E-state index in [-0.39, 0.29) is 18.7 Å². The molecule has 0 aliphatic carbocycles. The highest BCUT2D eigenvalue weighted by Gasteiger charge is 2.47. The van der Waals surface area contributed by atoms with E-state index < -0.39 is 23.8 Å². The molecule has 2 aromatic rings. The van der Waals surface area contributed by atoms with Crippen molar-refractivity contribution in [2.24, 2.45) is 5.41 Å². The number of aromatic nitrogens is 2. The number of carbonyl (C=O) groups excluding carboxylic acids is 5. The van der Waals surface area contributed by atoms with E-state index in [0.29, 0.717) is 27.6 Å². The second-order valence-corrected chi connectivity index (χ2v) is 12.8. The van der Waals surface area contributed by atoms with Gasteiger partial charge in [0.25, 0.3) is 11.8 Å². The molecule has 1 aromatic heterocycles. The molecule has 4 saturated heterocycles. The van der Waals surface area contributed by atoms with Crippen LogP contribution in [-0.2, 0) is 9.59 Å². The molecule has 1 spiro atoms. The van der Waals surface area contributed by atoms with Crippen molar-refractivity contribution in [1.29, 1.82) is 0 Å². The van der Waals surface area contributed by atoms with Gasteiger partial charge in [0.15, 0.2) is 11.3 Å². The van der Waals surface area contributed by atoms with E-state index in [9.17, 15) is 24.0 Å². The summed E-state index contributed by atoms with van der Waals surface area (Å²) in [4.78, 5) is 69.2. The molecule has 214 valence electrons. The Bertz CT molecular complexity index is 1430. The Kier molecular flexibility index (Phi) is 6.38. The standard InChI is InChI=1S/C28H31N7O5S/c36-14-23-30-31-27(41-23)34-15-28(16-34)7-11-33(12-8-28)17-5-9-32(10-6-17)18-1-2-19-20(13-18)26(40)35(25(19)39)21-3-4-22(37)29-24(21)38/h1-2,13-14,17,21H,3-12,15-16H2,(H,29,37,38). The number of benzene rings is 1. The molecule has 1 unspecified atom stereocenters. The highest BCUT2D eigenvalue weighted by molar-refractivity contribution is 7.16. The first-order valence-corrected chi connectivity index (χ1v) is 15.0. The van der Waals surface area contributed by atoms with E-state index in [1.807, 2.05) is 6.07 Å². The molecule has 41 heavy (non-hydrogen) atoms. The van der Waals surface area contributed by atoms with E-state index >= 15 is 0 Å². The van der Waals surface area contributed by atoms with E-state index in [4.69, 9.17) is 0 Å². The summed E-state index contributed by atoms with van der Waals surface area (Å²) in [6.45, 7) is 5.86. The van der Waals surface area contributed by atoms with Crippen LogP contribution in [0.3, 0.4) is 0 Å². The third kappa shape index (κ3) is 4.51. The van der Waals surface area contributed by atoms with Crippen LogP contribution in [-0.4, -0.2) is 101 Å². The Hall–Kier alpha value is -3.71. The molecule has 4 fully saturated rings. The van der Waals surface area contributed by atoms with Crippen LogP contribution < -0.4 is 15.1 Å². The van der Waals surface area contributed by atoms with Crippen LogP contribution in [0.1, 0.15) is 69.0 Å². The van der Waals surface area contributed by atoms with Crippen molar-refractivity contribution in [3.63, 3.8) is 0 Å². The lowest BCUT2D eigenvalue weighted by atomic mass is 9.72. The SMILES string of the molecule is O=Cc1nnc(N2CC3(CCN(C4CCN(c5ccc6c(c5)C(=O)N(C5CCC(=O)NC5=O)C6=O)CC4)CC3)C2)s1. The van der Waals surface area contributed by atoms with Crippen LogP contribution in [0.15, 0.2) is 18.2 Å². The molecule has 6 heterocycles. The van der Waals surface area contributed by atoms with Gasteiger partial charge in [0.05, 0.1) is 11.1 Å². The van der Waals surface area contributed by atoms with Crippen LogP contribution in [0.5, 0.6) is 0 Å². The fourth-order valence-corrected chi connectivity index (χ4v) is 7.78. The van der Waals surface area contributed by atoms with Crippen molar-refractivity contribution in [3.8, 4) is 0 Å². The lowest BCUT2D eigenvalue weighted by Crippen LogP contribution is -2.61. The van der Waals surface area contributed by atoms with Crippen molar-refractivity contribution >= 4 is 52.1 Å².